The van der Waals surface area contributed by atoms with E-state index < -0.39 is 34.3 Å². The number of benzene rings is 9. The first-order valence-corrected chi connectivity index (χ1v) is 27.8. The topological polar surface area (TPSA) is 211 Å². The average Bonchev–Trinajstić information content (AvgIpc) is 1.55. The summed E-state index contributed by atoms with van der Waals surface area (Å²) in [6.07, 6.45) is 0.861. The molecule has 0 fully saturated rings. The summed E-state index contributed by atoms with van der Waals surface area (Å²) in [7, 11) is 0. The molecule has 12 nitrogen and oxygen atoms in total. The van der Waals surface area contributed by atoms with Gasteiger partial charge in [-0.2, -0.15) is 0 Å². The molecule has 0 radical (unpaired) electrons. The van der Waals surface area contributed by atoms with E-state index in [1.165, 1.54) is 22.3 Å². The average molecular weight is 1130 g/mol. The highest BCUT2D eigenvalue weighted by Gasteiger charge is 2.49. The maximum Gasteiger partial charge on any atom is 0.340 e. The summed E-state index contributed by atoms with van der Waals surface area (Å²) >= 11 is 0. The van der Waals surface area contributed by atoms with Crippen LogP contribution in [0.25, 0.3) is 11.1 Å². The molecule has 84 heavy (non-hydrogen) atoms. The van der Waals surface area contributed by atoms with E-state index in [2.05, 4.69) is 67.6 Å². The molecule has 1 aliphatic heterocycles. The van der Waals surface area contributed by atoms with Crippen molar-refractivity contribution in [3.63, 3.8) is 0 Å². The molecule has 0 spiro atoms. The Morgan fingerprint density at radius 1 is 0.452 bits per heavy atom. The lowest BCUT2D eigenvalue weighted by atomic mass is 9.67. The highest BCUT2D eigenvalue weighted by Crippen LogP contribution is 2.57. The molecule has 0 saturated carbocycles. The molecule has 0 amide bonds. The number of esters is 2. The van der Waals surface area contributed by atoms with E-state index in [-0.39, 0.29) is 42.4 Å². The summed E-state index contributed by atoms with van der Waals surface area (Å²) < 4.78 is 11.1. The van der Waals surface area contributed by atoms with Gasteiger partial charge in [-0.3, -0.25) is 9.59 Å². The maximum atomic E-state index is 12.6. The van der Waals surface area contributed by atoms with Gasteiger partial charge in [0.15, 0.2) is 5.60 Å². The van der Waals surface area contributed by atoms with Gasteiger partial charge in [-0.25, -0.2) is 4.79 Å². The summed E-state index contributed by atoms with van der Waals surface area (Å²) in [5.74, 6) is -0.523. The number of aromatic hydroxyl groups is 6. The van der Waals surface area contributed by atoms with Crippen LogP contribution in [0.5, 0.6) is 34.5 Å². The lowest BCUT2D eigenvalue weighted by Crippen LogP contribution is -2.29. The molecule has 9 aromatic carbocycles. The molecule has 1 heterocycles. The lowest BCUT2D eigenvalue weighted by molar-refractivity contribution is -0.147. The van der Waals surface area contributed by atoms with Crippen molar-refractivity contribution < 1.29 is 59.6 Å². The van der Waals surface area contributed by atoms with E-state index >= 15 is 0 Å². The van der Waals surface area contributed by atoms with Crippen LogP contribution in [0.15, 0.2) is 182 Å². The minimum atomic E-state index is -1.12. The quantitative estimate of drug-likeness (QED) is 0.0425. The molecular weight excluding hydrogens is 1060 g/mol. The Morgan fingerprint density at radius 2 is 0.810 bits per heavy atom. The van der Waals surface area contributed by atoms with Gasteiger partial charge >= 0.3 is 17.9 Å². The van der Waals surface area contributed by atoms with Gasteiger partial charge < -0.3 is 45.2 Å². The van der Waals surface area contributed by atoms with Crippen LogP contribution >= 0.6 is 0 Å². The number of carbonyl (C=O) groups is 3. The zero-order chi connectivity index (χ0) is 60.3. The van der Waals surface area contributed by atoms with Crippen molar-refractivity contribution in [1.29, 1.82) is 0 Å². The number of carboxylic acid groups (broad SMARTS) is 1. The van der Waals surface area contributed by atoms with Gasteiger partial charge in [0.1, 0.15) is 34.5 Å². The molecule has 1 aliphatic carbocycles. The minimum absolute atomic E-state index is 0.138. The van der Waals surface area contributed by atoms with Crippen LogP contribution in [0.4, 0.5) is 0 Å². The second-order valence-corrected chi connectivity index (χ2v) is 22.0. The fourth-order valence-corrected chi connectivity index (χ4v) is 11.7. The first-order valence-electron chi connectivity index (χ1n) is 27.8. The molecule has 0 saturated heterocycles. The number of phenols is 6. The van der Waals surface area contributed by atoms with Gasteiger partial charge in [0.25, 0.3) is 0 Å². The molecule has 2 aliphatic rings. The first kappa shape index (κ1) is 58.8. The number of rotatable bonds is 13. The van der Waals surface area contributed by atoms with Gasteiger partial charge in [0.2, 0.25) is 0 Å². The van der Waals surface area contributed by atoms with E-state index in [4.69, 9.17) is 14.6 Å². The van der Waals surface area contributed by atoms with Gasteiger partial charge in [0.05, 0.1) is 30.4 Å². The Hall–Kier alpha value is -9.81. The smallest absolute Gasteiger partial charge is 0.340 e. The van der Waals surface area contributed by atoms with Crippen molar-refractivity contribution in [2.45, 2.75) is 90.6 Å². The molecule has 0 bridgehead atoms. The summed E-state index contributed by atoms with van der Waals surface area (Å²) in [5.41, 5.74) is 14.4. The first-order chi connectivity index (χ1) is 40.1. The van der Waals surface area contributed by atoms with E-state index in [1.807, 2.05) is 88.4 Å². The number of hydrogen-bond acceptors (Lipinski definition) is 11. The van der Waals surface area contributed by atoms with Crippen LogP contribution in [0.1, 0.15) is 126 Å². The van der Waals surface area contributed by atoms with E-state index in [1.54, 1.807) is 74.5 Å². The monoisotopic (exact) mass is 1120 g/mol. The molecule has 11 rings (SSSR count). The van der Waals surface area contributed by atoms with Crippen LogP contribution in [-0.2, 0) is 35.5 Å². The second-order valence-electron chi connectivity index (χ2n) is 22.0. The van der Waals surface area contributed by atoms with E-state index in [9.17, 15) is 45.0 Å². The van der Waals surface area contributed by atoms with Crippen molar-refractivity contribution >= 4 is 17.9 Å². The SMILES string of the molecule is Cc1cc(C(C)(CCCOC(=O)CCC(=O)O)c2ccc(O)c(C)c2)ccc1O.Cc1cc(C2(c3ccc(O)c(C)c3)OC(=O)c3ccccc32)ccc1O.Cc1cc(C2(c3ccc(O)c(C)c3)c3ccccc3-c3ccccc32)ccc1O. The third-order valence-corrected chi connectivity index (χ3v) is 16.5. The molecule has 428 valence electrons. The van der Waals surface area contributed by atoms with Crippen LogP contribution < -0.4 is 0 Å². The number of aliphatic carboxylic acids is 1. The van der Waals surface area contributed by atoms with Crippen LogP contribution in [-0.4, -0.2) is 60.3 Å². The number of hydrogen-bond donors (Lipinski definition) is 7. The fourth-order valence-electron chi connectivity index (χ4n) is 11.7. The molecule has 7 N–H and O–H groups in total. The predicted octanol–water partition coefficient (Wildman–Crippen LogP) is 14.5. The lowest BCUT2D eigenvalue weighted by Gasteiger charge is -2.34. The van der Waals surface area contributed by atoms with Crippen molar-refractivity contribution in [2.75, 3.05) is 6.61 Å². The Morgan fingerprint density at radius 3 is 1.21 bits per heavy atom. The van der Waals surface area contributed by atoms with Crippen molar-refractivity contribution in [3.05, 3.63) is 271 Å². The van der Waals surface area contributed by atoms with Gasteiger partial charge in [-0.05, 0) is 187 Å². The zero-order valence-corrected chi connectivity index (χ0v) is 48.0. The molecule has 9 aromatic rings. The third kappa shape index (κ3) is 11.1. The Bertz CT molecular complexity index is 3780. The van der Waals surface area contributed by atoms with Crippen molar-refractivity contribution in [3.8, 4) is 45.6 Å². The Labute approximate surface area is 489 Å². The van der Waals surface area contributed by atoms with Crippen LogP contribution in [0.2, 0.25) is 0 Å². The number of fused-ring (bicyclic) bond motifs is 4. The Kier molecular flexibility index (Phi) is 16.8. The molecule has 12 heteroatoms. The molecular formula is C72H68O12. The van der Waals surface area contributed by atoms with Crippen LogP contribution in [0, 0.1) is 41.5 Å². The standard InChI is InChI=1S/C27H22O2.C23H28O6.C22H18O4/c1-17-15-19(11-13-25(17)28)27(20-12-14-26(29)18(2)16-20)23-9-5-3-7-21(23)22-8-4-6-10-24(22)27;1-15-13-17(5-7-19(15)24)23(3,18-6-8-20(25)16(2)14-18)11-4-12-29-22(28)10-9-21(26)27;1-13-11-15(7-9-19(13)23)22(16-8-10-20(24)14(2)12-16)18-6-4-3-5-17(18)21(25)26-22/h3-16,28-29H,1-2H3;5-8,13-14,24-25H,4,9-12H2,1-3H3,(H,26,27);3-12,23-24H,1-2H3. The maximum absolute atomic E-state index is 12.6. The zero-order valence-electron chi connectivity index (χ0n) is 48.0. The summed E-state index contributed by atoms with van der Waals surface area (Å²) in [6, 6.07) is 57.5. The summed E-state index contributed by atoms with van der Waals surface area (Å²) in [4.78, 5) is 34.8. The van der Waals surface area contributed by atoms with Gasteiger partial charge in [0, 0.05) is 22.1 Å². The summed E-state index contributed by atoms with van der Waals surface area (Å²) in [6.45, 7) is 13.4. The van der Waals surface area contributed by atoms with Crippen molar-refractivity contribution in [1.82, 2.24) is 0 Å². The third-order valence-electron chi connectivity index (χ3n) is 16.5. The molecule has 0 atom stereocenters. The largest absolute Gasteiger partial charge is 0.508 e. The number of cyclic esters (lactones) is 1. The normalized spacial score (nSPS) is 13.2. The molecule has 0 aromatic heterocycles. The van der Waals surface area contributed by atoms with Gasteiger partial charge in [-0.15, -0.1) is 0 Å². The second kappa shape index (κ2) is 24.0. The van der Waals surface area contributed by atoms with E-state index in [0.29, 0.717) is 41.0 Å². The number of ether oxygens (including phenoxy) is 2. The van der Waals surface area contributed by atoms with Crippen molar-refractivity contribution in [2.24, 2.45) is 0 Å². The van der Waals surface area contributed by atoms with Gasteiger partial charge in [-0.1, -0.05) is 134 Å². The highest BCUT2D eigenvalue weighted by molar-refractivity contribution is 5.96. The number of carboxylic acids is 1. The Balaban J connectivity index is 0.000000151. The highest BCUT2D eigenvalue weighted by atomic mass is 16.6. The summed E-state index contributed by atoms with van der Waals surface area (Å²) in [5, 5.41) is 68.6. The van der Waals surface area contributed by atoms with Crippen LogP contribution in [0.3, 0.4) is 0 Å². The number of carbonyl (C=O) groups excluding carboxylic acids is 2. The molecule has 0 unspecified atom stereocenters. The minimum Gasteiger partial charge on any atom is -0.508 e. The number of phenolic OH excluding ortho intramolecular Hbond substituents is 6. The fraction of sp³-hybridized carbons (Fsp3) is 0.208. The predicted molar refractivity (Wildman–Crippen MR) is 323 cm³/mol. The number of aryl methyl sites for hydroxylation is 6. The van der Waals surface area contributed by atoms with E-state index in [0.717, 1.165) is 61.2 Å².